The fraction of sp³-hybridized carbons (Fsp3) is 0.111. The van der Waals surface area contributed by atoms with E-state index in [0.717, 1.165) is 33.9 Å². The van der Waals surface area contributed by atoms with Crippen molar-refractivity contribution in [1.29, 1.82) is 0 Å². The minimum absolute atomic E-state index is 0.322. The lowest BCUT2D eigenvalue weighted by Gasteiger charge is -2.45. The van der Waals surface area contributed by atoms with Gasteiger partial charge in [-0.05, 0) is 87.5 Å². The summed E-state index contributed by atoms with van der Waals surface area (Å²) < 4.78 is 4.94. The van der Waals surface area contributed by atoms with E-state index in [1.807, 2.05) is 24.3 Å². The zero-order valence-corrected chi connectivity index (χ0v) is 38.6. The lowest BCUT2D eigenvalue weighted by Crippen LogP contribution is -2.37. The highest BCUT2D eigenvalue weighted by Gasteiger charge is 2.45. The average Bonchev–Trinajstić information content (AvgIpc) is 3.91. The van der Waals surface area contributed by atoms with Crippen molar-refractivity contribution in [2.75, 3.05) is 0 Å². The van der Waals surface area contributed by atoms with E-state index in [0.29, 0.717) is 5.84 Å². The molecule has 11 aromatic rings. The molecule has 1 unspecified atom stereocenters. The number of aromatic nitrogens is 2. The van der Waals surface area contributed by atoms with Crippen LogP contribution in [-0.2, 0) is 10.8 Å². The normalized spacial score (nSPS) is 16.0. The molecule has 2 aromatic heterocycles. The molecular formula is C63H49N5. The van der Waals surface area contributed by atoms with Crippen LogP contribution in [0.4, 0.5) is 0 Å². The number of rotatable bonds is 6. The summed E-state index contributed by atoms with van der Waals surface area (Å²) in [4.78, 5) is 10.3. The van der Waals surface area contributed by atoms with Gasteiger partial charge in [-0.25, -0.2) is 9.98 Å². The highest BCUT2D eigenvalue weighted by molar-refractivity contribution is 6.16. The number of nitrogens with one attached hydrogen (secondary N) is 1. The van der Waals surface area contributed by atoms with Crippen molar-refractivity contribution in [3.63, 3.8) is 0 Å². The van der Waals surface area contributed by atoms with Crippen molar-refractivity contribution >= 4 is 55.3 Å². The van der Waals surface area contributed by atoms with Crippen molar-refractivity contribution in [1.82, 2.24) is 14.5 Å². The SMILES string of the molecule is CC1(C)c2ccc3c(c2C(C)(C)c2ccc4c(c21)c1ccccc1n4-c1cccc(-c2ccccc2)c1)c1ccccc1n3-c1cccc(C2N=C(c3ccccc3)N=C(c3ccccc3)N2)c1. The third-order valence-electron chi connectivity index (χ3n) is 14.8. The number of aliphatic imine (C=N–C) groups is 2. The topological polar surface area (TPSA) is 46.6 Å². The fourth-order valence-corrected chi connectivity index (χ4v) is 11.7. The van der Waals surface area contributed by atoms with Crippen LogP contribution in [0.1, 0.15) is 72.8 Å². The van der Waals surface area contributed by atoms with Crippen molar-refractivity contribution in [3.05, 3.63) is 251 Å². The molecule has 0 saturated heterocycles. The van der Waals surface area contributed by atoms with Crippen LogP contribution in [0.5, 0.6) is 0 Å². The molecule has 0 saturated carbocycles. The first kappa shape index (κ1) is 40.0. The number of fused-ring (bicyclic) bond motifs is 10. The molecule has 9 aromatic carbocycles. The van der Waals surface area contributed by atoms with Gasteiger partial charge in [0, 0.05) is 54.9 Å². The van der Waals surface area contributed by atoms with Gasteiger partial charge < -0.3 is 14.5 Å². The van der Waals surface area contributed by atoms with Crippen LogP contribution in [0, 0.1) is 0 Å². The van der Waals surface area contributed by atoms with E-state index in [4.69, 9.17) is 9.98 Å². The van der Waals surface area contributed by atoms with Crippen LogP contribution in [0.25, 0.3) is 66.1 Å². The number of amidine groups is 2. The van der Waals surface area contributed by atoms with Crippen LogP contribution >= 0.6 is 0 Å². The minimum Gasteiger partial charge on any atom is -0.344 e. The van der Waals surface area contributed by atoms with E-state index in [1.54, 1.807) is 0 Å². The lowest BCUT2D eigenvalue weighted by molar-refractivity contribution is 0.529. The highest BCUT2D eigenvalue weighted by atomic mass is 15.2. The quantitative estimate of drug-likeness (QED) is 0.178. The summed E-state index contributed by atoms with van der Waals surface area (Å²) in [6, 6.07) is 76.8. The van der Waals surface area contributed by atoms with Crippen molar-refractivity contribution in [3.8, 4) is 22.5 Å². The Labute approximate surface area is 396 Å². The van der Waals surface area contributed by atoms with Crippen LogP contribution < -0.4 is 5.32 Å². The molecule has 0 amide bonds. The largest absolute Gasteiger partial charge is 0.344 e. The molecule has 5 heteroatoms. The summed E-state index contributed by atoms with van der Waals surface area (Å²) >= 11 is 0. The predicted octanol–water partition coefficient (Wildman–Crippen LogP) is 15.0. The maximum Gasteiger partial charge on any atom is 0.159 e. The minimum atomic E-state index is -0.342. The van der Waals surface area contributed by atoms with E-state index in [2.05, 4.69) is 230 Å². The molecule has 0 bridgehead atoms. The molecule has 1 aliphatic heterocycles. The maximum absolute atomic E-state index is 5.24. The summed E-state index contributed by atoms with van der Waals surface area (Å²) in [5.74, 6) is 1.52. The second-order valence-electron chi connectivity index (χ2n) is 19.4. The molecule has 2 aliphatic rings. The zero-order valence-electron chi connectivity index (χ0n) is 38.6. The van der Waals surface area contributed by atoms with E-state index in [-0.39, 0.29) is 17.0 Å². The van der Waals surface area contributed by atoms with Crippen LogP contribution in [0.2, 0.25) is 0 Å². The highest BCUT2D eigenvalue weighted by Crippen LogP contribution is 2.56. The van der Waals surface area contributed by atoms with Gasteiger partial charge >= 0.3 is 0 Å². The van der Waals surface area contributed by atoms with Crippen molar-refractivity contribution < 1.29 is 0 Å². The Hall–Kier alpha value is -8.28. The molecule has 326 valence electrons. The summed E-state index contributed by atoms with van der Waals surface area (Å²) in [5.41, 5.74) is 17.5. The van der Waals surface area contributed by atoms with Gasteiger partial charge in [-0.15, -0.1) is 0 Å². The second kappa shape index (κ2) is 15.1. The van der Waals surface area contributed by atoms with E-state index in [9.17, 15) is 0 Å². The van der Waals surface area contributed by atoms with Gasteiger partial charge in [-0.1, -0.05) is 191 Å². The van der Waals surface area contributed by atoms with Gasteiger partial charge in [-0.3, -0.25) is 0 Å². The van der Waals surface area contributed by atoms with Gasteiger partial charge in [-0.2, -0.15) is 0 Å². The second-order valence-corrected chi connectivity index (χ2v) is 19.4. The van der Waals surface area contributed by atoms with Crippen molar-refractivity contribution in [2.24, 2.45) is 9.98 Å². The fourth-order valence-electron chi connectivity index (χ4n) is 11.7. The molecule has 13 rings (SSSR count). The predicted molar refractivity (Wildman–Crippen MR) is 283 cm³/mol. The Morgan fingerprint density at radius 1 is 0.412 bits per heavy atom. The molecule has 1 aliphatic carbocycles. The standard InChI is InChI=1S/C63H49N5/c1-62(2)50-35-37-54-56(58(50)63(3,4)49-34-36-53-55(57(49)62)47-30-14-16-32-51(47)67(53)45-28-18-26-43(38-45)40-20-8-5-9-21-40)48-31-15-17-33-52(48)68(54)46-29-19-27-44(39-46)61-65-59(41-22-10-6-11-23-41)64-60(66-61)42-24-12-7-13-25-42/h5-39,61H,1-4H3,(H,64,65,66). The summed E-state index contributed by atoms with van der Waals surface area (Å²) in [6.07, 6.45) is -0.342. The van der Waals surface area contributed by atoms with Gasteiger partial charge in [0.25, 0.3) is 0 Å². The molecule has 1 atom stereocenters. The monoisotopic (exact) mass is 875 g/mol. The molecule has 1 N–H and O–H groups in total. The molecule has 0 spiro atoms. The summed E-state index contributed by atoms with van der Waals surface area (Å²) in [6.45, 7) is 9.79. The van der Waals surface area contributed by atoms with E-state index < -0.39 is 0 Å². The summed E-state index contributed by atoms with van der Waals surface area (Å²) in [5, 5.41) is 8.88. The third kappa shape index (κ3) is 6.01. The first-order chi connectivity index (χ1) is 33.3. The Morgan fingerprint density at radius 3 is 1.46 bits per heavy atom. The Morgan fingerprint density at radius 2 is 0.882 bits per heavy atom. The van der Waals surface area contributed by atoms with E-state index >= 15 is 0 Å². The molecule has 0 fully saturated rings. The third-order valence-corrected chi connectivity index (χ3v) is 14.8. The molecular weight excluding hydrogens is 827 g/mol. The Bertz CT molecular complexity index is 3870. The number of nitrogens with zero attached hydrogens (tertiary/aromatic N) is 4. The molecule has 0 radical (unpaired) electrons. The van der Waals surface area contributed by atoms with Crippen molar-refractivity contribution in [2.45, 2.75) is 44.7 Å². The van der Waals surface area contributed by atoms with Gasteiger partial charge in [0.15, 0.2) is 5.84 Å². The lowest BCUT2D eigenvalue weighted by atomic mass is 9.58. The number of benzene rings is 9. The number of hydrogen-bond acceptors (Lipinski definition) is 3. The van der Waals surface area contributed by atoms with Gasteiger partial charge in [0.05, 0.1) is 22.1 Å². The maximum atomic E-state index is 5.24. The molecule has 68 heavy (non-hydrogen) atoms. The van der Waals surface area contributed by atoms with Crippen LogP contribution in [0.15, 0.2) is 222 Å². The first-order valence-corrected chi connectivity index (χ1v) is 23.7. The van der Waals surface area contributed by atoms with E-state index in [1.165, 1.54) is 77.0 Å². The number of hydrogen-bond donors (Lipinski definition) is 1. The van der Waals surface area contributed by atoms with Crippen LogP contribution in [0.3, 0.4) is 0 Å². The molecule has 3 heterocycles. The number of para-hydroxylation sites is 2. The average molecular weight is 876 g/mol. The summed E-state index contributed by atoms with van der Waals surface area (Å²) in [7, 11) is 0. The van der Waals surface area contributed by atoms with Gasteiger partial charge in [0.1, 0.15) is 12.0 Å². The molecule has 5 nitrogen and oxygen atoms in total. The Balaban J connectivity index is 0.980. The zero-order chi connectivity index (χ0) is 45.7. The first-order valence-electron chi connectivity index (χ1n) is 23.7. The van der Waals surface area contributed by atoms with Crippen LogP contribution in [-0.4, -0.2) is 20.8 Å². The smallest absolute Gasteiger partial charge is 0.159 e. The van der Waals surface area contributed by atoms with Gasteiger partial charge in [0.2, 0.25) is 0 Å². The Kier molecular flexibility index (Phi) is 8.91.